The maximum absolute atomic E-state index is 12.2. The second kappa shape index (κ2) is 6.90. The van der Waals surface area contributed by atoms with Crippen LogP contribution < -0.4 is 10.6 Å². The Labute approximate surface area is 123 Å². The molecule has 1 aliphatic carbocycles. The first-order valence-electron chi connectivity index (χ1n) is 6.94. The molecular formula is C14H20ClN3O2. The number of hydrogen-bond acceptors (Lipinski definition) is 4. The number of anilines is 1. The van der Waals surface area contributed by atoms with Gasteiger partial charge in [0.15, 0.2) is 0 Å². The van der Waals surface area contributed by atoms with Gasteiger partial charge in [-0.3, -0.25) is 4.79 Å². The molecule has 0 aromatic carbocycles. The molecule has 0 spiro atoms. The van der Waals surface area contributed by atoms with E-state index < -0.39 is 6.10 Å². The van der Waals surface area contributed by atoms with Gasteiger partial charge in [-0.15, -0.1) is 0 Å². The van der Waals surface area contributed by atoms with Crippen LogP contribution in [0.2, 0.25) is 5.02 Å². The van der Waals surface area contributed by atoms with Gasteiger partial charge in [0, 0.05) is 13.2 Å². The fourth-order valence-corrected chi connectivity index (χ4v) is 2.72. The third kappa shape index (κ3) is 3.61. The first kappa shape index (κ1) is 15.1. The molecule has 5 nitrogen and oxygen atoms in total. The molecule has 1 aromatic rings. The number of amides is 1. The summed E-state index contributed by atoms with van der Waals surface area (Å²) in [6.45, 7) is 0. The Morgan fingerprint density at radius 1 is 1.40 bits per heavy atom. The fourth-order valence-electron chi connectivity index (χ4n) is 2.45. The molecule has 0 aliphatic heterocycles. The predicted molar refractivity (Wildman–Crippen MR) is 79.1 cm³/mol. The zero-order chi connectivity index (χ0) is 14.5. The maximum Gasteiger partial charge on any atom is 0.253 e. The summed E-state index contributed by atoms with van der Waals surface area (Å²) in [4.78, 5) is 16.3. The molecule has 110 valence electrons. The van der Waals surface area contributed by atoms with E-state index >= 15 is 0 Å². The standard InChI is InChI=1S/C14H20ClN3O2/c1-16-13-10(15)7-9(8-17-13)14(20)18-11-5-3-2-4-6-12(11)19/h7-8,11-12,19H,2-6H2,1H3,(H,16,17)(H,18,20). The van der Waals surface area contributed by atoms with E-state index in [9.17, 15) is 9.90 Å². The van der Waals surface area contributed by atoms with Gasteiger partial charge in [0.05, 0.1) is 22.7 Å². The van der Waals surface area contributed by atoms with E-state index in [-0.39, 0.29) is 11.9 Å². The van der Waals surface area contributed by atoms with Crippen molar-refractivity contribution in [1.29, 1.82) is 0 Å². The lowest BCUT2D eigenvalue weighted by Crippen LogP contribution is -2.42. The maximum atomic E-state index is 12.2. The minimum atomic E-state index is -0.471. The molecule has 0 bridgehead atoms. The number of rotatable bonds is 3. The lowest BCUT2D eigenvalue weighted by molar-refractivity contribution is 0.0818. The third-order valence-corrected chi connectivity index (χ3v) is 3.92. The highest BCUT2D eigenvalue weighted by Crippen LogP contribution is 2.21. The summed E-state index contributed by atoms with van der Waals surface area (Å²) in [5.41, 5.74) is 0.408. The lowest BCUT2D eigenvalue weighted by Gasteiger charge is -2.21. The zero-order valence-electron chi connectivity index (χ0n) is 11.5. The molecule has 0 saturated heterocycles. The SMILES string of the molecule is CNc1ncc(C(=O)NC2CCCCCC2O)cc1Cl. The van der Waals surface area contributed by atoms with Crippen molar-refractivity contribution in [1.82, 2.24) is 10.3 Å². The van der Waals surface area contributed by atoms with Crippen molar-refractivity contribution >= 4 is 23.3 Å². The molecule has 1 heterocycles. The first-order chi connectivity index (χ1) is 9.61. The van der Waals surface area contributed by atoms with Crippen LogP contribution in [0.4, 0.5) is 5.82 Å². The van der Waals surface area contributed by atoms with Crippen LogP contribution in [0.15, 0.2) is 12.3 Å². The number of carbonyl (C=O) groups is 1. The second-order valence-corrected chi connectivity index (χ2v) is 5.50. The van der Waals surface area contributed by atoms with Gasteiger partial charge in [0.1, 0.15) is 5.82 Å². The molecule has 2 atom stereocenters. The number of aliphatic hydroxyl groups is 1. The van der Waals surface area contributed by atoms with Gasteiger partial charge in [-0.05, 0) is 18.9 Å². The Morgan fingerprint density at radius 2 is 2.15 bits per heavy atom. The van der Waals surface area contributed by atoms with E-state index in [1.807, 2.05) is 0 Å². The molecule has 2 rings (SSSR count). The Balaban J connectivity index is 2.05. The van der Waals surface area contributed by atoms with Crippen molar-refractivity contribution in [2.24, 2.45) is 0 Å². The molecule has 1 saturated carbocycles. The summed E-state index contributed by atoms with van der Waals surface area (Å²) in [6, 6.07) is 1.39. The highest BCUT2D eigenvalue weighted by molar-refractivity contribution is 6.33. The van der Waals surface area contributed by atoms with Crippen molar-refractivity contribution in [3.63, 3.8) is 0 Å². The second-order valence-electron chi connectivity index (χ2n) is 5.09. The quantitative estimate of drug-likeness (QED) is 0.748. The van der Waals surface area contributed by atoms with Crippen molar-refractivity contribution in [3.8, 4) is 0 Å². The summed E-state index contributed by atoms with van der Waals surface area (Å²) in [7, 11) is 1.72. The van der Waals surface area contributed by atoms with E-state index in [1.54, 1.807) is 13.1 Å². The zero-order valence-corrected chi connectivity index (χ0v) is 12.3. The molecule has 3 N–H and O–H groups in total. The summed E-state index contributed by atoms with van der Waals surface area (Å²) in [5, 5.41) is 16.1. The molecule has 1 aromatic heterocycles. The van der Waals surface area contributed by atoms with Gasteiger partial charge < -0.3 is 15.7 Å². The number of halogens is 1. The van der Waals surface area contributed by atoms with E-state index in [4.69, 9.17) is 11.6 Å². The molecule has 1 fully saturated rings. The number of nitrogens with zero attached hydrogens (tertiary/aromatic N) is 1. The molecule has 20 heavy (non-hydrogen) atoms. The lowest BCUT2D eigenvalue weighted by atomic mass is 10.1. The van der Waals surface area contributed by atoms with Gasteiger partial charge in [-0.25, -0.2) is 4.98 Å². The van der Waals surface area contributed by atoms with Gasteiger partial charge in [0.2, 0.25) is 0 Å². The van der Waals surface area contributed by atoms with Gasteiger partial charge in [0.25, 0.3) is 5.91 Å². The van der Waals surface area contributed by atoms with E-state index in [0.717, 1.165) is 32.1 Å². The van der Waals surface area contributed by atoms with Gasteiger partial charge >= 0.3 is 0 Å². The highest BCUT2D eigenvalue weighted by Gasteiger charge is 2.23. The summed E-state index contributed by atoms with van der Waals surface area (Å²) >= 11 is 6.02. The number of hydrogen-bond donors (Lipinski definition) is 3. The van der Waals surface area contributed by atoms with Crippen LogP contribution in [0.1, 0.15) is 42.5 Å². The normalized spacial score (nSPS) is 22.9. The van der Waals surface area contributed by atoms with Crippen LogP contribution in [-0.4, -0.2) is 35.2 Å². The van der Waals surface area contributed by atoms with E-state index in [0.29, 0.717) is 16.4 Å². The Morgan fingerprint density at radius 3 is 2.85 bits per heavy atom. The van der Waals surface area contributed by atoms with Gasteiger partial charge in [-0.2, -0.15) is 0 Å². The molecular weight excluding hydrogens is 278 g/mol. The Bertz CT molecular complexity index is 481. The average Bonchev–Trinajstić information content (AvgIpc) is 2.64. The predicted octanol–water partition coefficient (Wildman–Crippen LogP) is 2.20. The number of pyridine rings is 1. The highest BCUT2D eigenvalue weighted by atomic mass is 35.5. The Hall–Kier alpha value is -1.33. The van der Waals surface area contributed by atoms with Crippen molar-refractivity contribution in [3.05, 3.63) is 22.8 Å². The minimum Gasteiger partial charge on any atom is -0.391 e. The van der Waals surface area contributed by atoms with E-state index in [2.05, 4.69) is 15.6 Å². The van der Waals surface area contributed by atoms with Crippen molar-refractivity contribution in [2.75, 3.05) is 12.4 Å². The molecule has 2 unspecified atom stereocenters. The Kier molecular flexibility index (Phi) is 5.20. The van der Waals surface area contributed by atoms with Crippen molar-refractivity contribution in [2.45, 2.75) is 44.2 Å². The van der Waals surface area contributed by atoms with Crippen LogP contribution in [-0.2, 0) is 0 Å². The summed E-state index contributed by atoms with van der Waals surface area (Å²) < 4.78 is 0. The number of nitrogens with one attached hydrogen (secondary N) is 2. The van der Waals surface area contributed by atoms with Crippen molar-refractivity contribution < 1.29 is 9.90 Å². The largest absolute Gasteiger partial charge is 0.391 e. The van der Waals surface area contributed by atoms with Crippen LogP contribution in [0.5, 0.6) is 0 Å². The van der Waals surface area contributed by atoms with Crippen LogP contribution >= 0.6 is 11.6 Å². The molecule has 1 aliphatic rings. The van der Waals surface area contributed by atoms with Gasteiger partial charge in [-0.1, -0.05) is 30.9 Å². The number of aliphatic hydroxyl groups excluding tert-OH is 1. The smallest absolute Gasteiger partial charge is 0.253 e. The molecule has 0 radical (unpaired) electrons. The monoisotopic (exact) mass is 297 g/mol. The average molecular weight is 298 g/mol. The first-order valence-corrected chi connectivity index (χ1v) is 7.32. The fraction of sp³-hybridized carbons (Fsp3) is 0.571. The van der Waals surface area contributed by atoms with Crippen LogP contribution in [0, 0.1) is 0 Å². The molecule has 1 amide bonds. The number of aromatic nitrogens is 1. The van der Waals surface area contributed by atoms with Crippen LogP contribution in [0.3, 0.4) is 0 Å². The third-order valence-electron chi connectivity index (χ3n) is 3.64. The minimum absolute atomic E-state index is 0.187. The number of carbonyl (C=O) groups excluding carboxylic acids is 1. The molecule has 6 heteroatoms. The van der Waals surface area contributed by atoms with Crippen LogP contribution in [0.25, 0.3) is 0 Å². The topological polar surface area (TPSA) is 74.2 Å². The van der Waals surface area contributed by atoms with E-state index in [1.165, 1.54) is 6.20 Å². The summed E-state index contributed by atoms with van der Waals surface area (Å²) in [6.07, 6.45) is 5.70. The summed E-state index contributed by atoms with van der Waals surface area (Å²) in [5.74, 6) is 0.297.